The number of rotatable bonds is 8. The van der Waals surface area contributed by atoms with Crippen LogP contribution < -0.4 is 10.1 Å². The third-order valence-electron chi connectivity index (χ3n) is 3.80. The van der Waals surface area contributed by atoms with Crippen LogP contribution in [0, 0.1) is 0 Å². The summed E-state index contributed by atoms with van der Waals surface area (Å²) in [7, 11) is 0. The van der Waals surface area contributed by atoms with Crippen molar-refractivity contribution in [3.05, 3.63) is 55.0 Å². The van der Waals surface area contributed by atoms with E-state index in [1.807, 2.05) is 53.5 Å². The fourth-order valence-corrected chi connectivity index (χ4v) is 2.52. The number of para-hydroxylation sites is 1. The third-order valence-corrected chi connectivity index (χ3v) is 3.80. The average molecular weight is 310 g/mol. The highest BCUT2D eigenvalue weighted by atomic mass is 16.5. The van der Waals surface area contributed by atoms with Crippen molar-refractivity contribution in [2.24, 2.45) is 0 Å². The summed E-state index contributed by atoms with van der Waals surface area (Å²) in [4.78, 5) is 4.40. The highest BCUT2D eigenvalue weighted by Gasteiger charge is 2.04. The van der Waals surface area contributed by atoms with E-state index >= 15 is 0 Å². The molecule has 2 aromatic heterocycles. The van der Waals surface area contributed by atoms with E-state index in [-0.39, 0.29) is 0 Å². The number of nitrogens with one attached hydrogen (secondary N) is 1. The molecule has 1 aromatic carbocycles. The van der Waals surface area contributed by atoms with Gasteiger partial charge in [0.15, 0.2) is 0 Å². The zero-order chi connectivity index (χ0) is 15.9. The predicted molar refractivity (Wildman–Crippen MR) is 91.5 cm³/mol. The molecule has 1 N–H and O–H groups in total. The van der Waals surface area contributed by atoms with Crippen molar-refractivity contribution in [2.75, 3.05) is 13.2 Å². The molecular weight excluding hydrogens is 288 g/mol. The lowest BCUT2D eigenvalue weighted by atomic mass is 10.2. The number of hydrogen-bond donors (Lipinski definition) is 1. The van der Waals surface area contributed by atoms with Crippen molar-refractivity contribution in [1.29, 1.82) is 0 Å². The van der Waals surface area contributed by atoms with Gasteiger partial charge in [0.2, 0.25) is 0 Å². The number of ether oxygens (including phenoxy) is 1. The van der Waals surface area contributed by atoms with Gasteiger partial charge in [-0.05, 0) is 31.5 Å². The Morgan fingerprint density at radius 3 is 2.96 bits per heavy atom. The van der Waals surface area contributed by atoms with Crippen molar-refractivity contribution in [3.63, 3.8) is 0 Å². The summed E-state index contributed by atoms with van der Waals surface area (Å²) in [5.74, 6) is 0.842. The second-order valence-electron chi connectivity index (χ2n) is 5.59. The van der Waals surface area contributed by atoms with E-state index in [9.17, 15) is 0 Å². The first-order chi connectivity index (χ1) is 11.3. The Hall–Kier alpha value is -2.40. The molecule has 1 atom stereocenters. The van der Waals surface area contributed by atoms with Crippen LogP contribution in [0.25, 0.3) is 10.9 Å². The Kier molecular flexibility index (Phi) is 5.21. The van der Waals surface area contributed by atoms with Crippen molar-refractivity contribution >= 4 is 10.9 Å². The fraction of sp³-hybridized carbons (Fsp3) is 0.333. The molecule has 5 heteroatoms. The molecule has 0 saturated heterocycles. The van der Waals surface area contributed by atoms with Crippen LogP contribution in [0.2, 0.25) is 0 Å². The Morgan fingerprint density at radius 2 is 2.09 bits per heavy atom. The van der Waals surface area contributed by atoms with Gasteiger partial charge in [0.05, 0.1) is 0 Å². The number of fused-ring (bicyclic) bond motifs is 1. The van der Waals surface area contributed by atoms with E-state index in [1.54, 1.807) is 6.20 Å². The van der Waals surface area contributed by atoms with Crippen LogP contribution in [-0.4, -0.2) is 34.0 Å². The van der Waals surface area contributed by atoms with Crippen molar-refractivity contribution in [2.45, 2.75) is 25.9 Å². The summed E-state index contributed by atoms with van der Waals surface area (Å²) in [5, 5.41) is 8.79. The lowest BCUT2D eigenvalue weighted by Crippen LogP contribution is -2.31. The zero-order valence-electron chi connectivity index (χ0n) is 13.4. The van der Waals surface area contributed by atoms with Crippen LogP contribution in [-0.2, 0) is 6.54 Å². The molecule has 0 aliphatic carbocycles. The summed E-state index contributed by atoms with van der Waals surface area (Å²) in [6, 6.07) is 12.4. The van der Waals surface area contributed by atoms with Crippen LogP contribution in [0.5, 0.6) is 5.75 Å². The normalized spacial score (nSPS) is 12.4. The Morgan fingerprint density at radius 1 is 1.17 bits per heavy atom. The zero-order valence-corrected chi connectivity index (χ0v) is 13.4. The molecule has 0 radical (unpaired) electrons. The molecule has 120 valence electrons. The first kappa shape index (κ1) is 15.5. The summed E-state index contributed by atoms with van der Waals surface area (Å²) in [6.45, 7) is 4.55. The van der Waals surface area contributed by atoms with Gasteiger partial charge in [-0.1, -0.05) is 18.2 Å². The van der Waals surface area contributed by atoms with E-state index in [2.05, 4.69) is 22.3 Å². The first-order valence-electron chi connectivity index (χ1n) is 8.00. The summed E-state index contributed by atoms with van der Waals surface area (Å²) < 4.78 is 7.83. The van der Waals surface area contributed by atoms with Crippen molar-refractivity contribution < 1.29 is 4.74 Å². The smallest absolute Gasteiger partial charge is 0.145 e. The van der Waals surface area contributed by atoms with Gasteiger partial charge in [-0.25, -0.2) is 0 Å². The van der Waals surface area contributed by atoms with E-state index in [0.29, 0.717) is 12.6 Å². The van der Waals surface area contributed by atoms with Crippen LogP contribution in [0.15, 0.2) is 55.0 Å². The number of aromatic nitrogens is 3. The van der Waals surface area contributed by atoms with Gasteiger partial charge in [0, 0.05) is 43.1 Å². The Balaban J connectivity index is 1.42. The molecule has 23 heavy (non-hydrogen) atoms. The van der Waals surface area contributed by atoms with E-state index < -0.39 is 0 Å². The largest absolute Gasteiger partial charge is 0.490 e. The minimum atomic E-state index is 0.424. The van der Waals surface area contributed by atoms with Crippen LogP contribution >= 0.6 is 0 Å². The molecule has 2 heterocycles. The molecule has 3 aromatic rings. The molecule has 3 rings (SSSR count). The SMILES string of the molecule is CC(CCn1cccn1)NCCOc1cccc2cccnc12. The molecular formula is C18H22N4O. The van der Waals surface area contributed by atoms with Gasteiger partial charge in [-0.15, -0.1) is 0 Å². The fourth-order valence-electron chi connectivity index (χ4n) is 2.52. The molecule has 0 saturated carbocycles. The quantitative estimate of drug-likeness (QED) is 0.650. The molecule has 0 amide bonds. The number of benzene rings is 1. The van der Waals surface area contributed by atoms with E-state index in [1.165, 1.54) is 0 Å². The van der Waals surface area contributed by atoms with Gasteiger partial charge >= 0.3 is 0 Å². The number of aryl methyl sites for hydroxylation is 1. The molecule has 0 aliphatic heterocycles. The summed E-state index contributed by atoms with van der Waals surface area (Å²) in [6.07, 6.45) is 6.63. The standard InChI is InChI=1S/C18H22N4O/c1-15(8-13-22-12-4-10-21-22)19-11-14-23-17-7-2-5-16-6-3-9-20-18(16)17/h2-7,9-10,12,15,19H,8,11,13-14H2,1H3. The molecule has 0 aliphatic rings. The second-order valence-corrected chi connectivity index (χ2v) is 5.59. The molecule has 0 fully saturated rings. The second kappa shape index (κ2) is 7.74. The number of hydrogen-bond acceptors (Lipinski definition) is 4. The third kappa shape index (κ3) is 4.29. The van der Waals surface area contributed by atoms with Crippen molar-refractivity contribution in [3.8, 4) is 5.75 Å². The lowest BCUT2D eigenvalue weighted by Gasteiger charge is -2.14. The maximum atomic E-state index is 5.88. The Labute approximate surface area is 136 Å². The minimum Gasteiger partial charge on any atom is -0.490 e. The lowest BCUT2D eigenvalue weighted by molar-refractivity contribution is 0.305. The highest BCUT2D eigenvalue weighted by molar-refractivity contribution is 5.84. The number of pyridine rings is 1. The van der Waals surface area contributed by atoms with E-state index in [4.69, 9.17) is 4.74 Å². The van der Waals surface area contributed by atoms with E-state index in [0.717, 1.165) is 36.2 Å². The first-order valence-corrected chi connectivity index (χ1v) is 8.00. The predicted octanol–water partition coefficient (Wildman–Crippen LogP) is 2.88. The van der Waals surface area contributed by atoms with Gasteiger partial charge in [-0.2, -0.15) is 5.10 Å². The van der Waals surface area contributed by atoms with Gasteiger partial charge in [-0.3, -0.25) is 9.67 Å². The maximum absolute atomic E-state index is 5.88. The van der Waals surface area contributed by atoms with Crippen LogP contribution in [0.3, 0.4) is 0 Å². The number of nitrogens with zero attached hydrogens (tertiary/aromatic N) is 3. The Bertz CT molecular complexity index is 721. The minimum absolute atomic E-state index is 0.424. The van der Waals surface area contributed by atoms with Crippen molar-refractivity contribution in [1.82, 2.24) is 20.1 Å². The van der Waals surface area contributed by atoms with Crippen LogP contribution in [0.4, 0.5) is 0 Å². The van der Waals surface area contributed by atoms with Gasteiger partial charge < -0.3 is 10.1 Å². The van der Waals surface area contributed by atoms with Gasteiger partial charge in [0.1, 0.15) is 17.9 Å². The maximum Gasteiger partial charge on any atom is 0.145 e. The molecule has 5 nitrogen and oxygen atoms in total. The molecule has 0 spiro atoms. The highest BCUT2D eigenvalue weighted by Crippen LogP contribution is 2.22. The van der Waals surface area contributed by atoms with Crippen LogP contribution in [0.1, 0.15) is 13.3 Å². The summed E-state index contributed by atoms with van der Waals surface area (Å²) >= 11 is 0. The topological polar surface area (TPSA) is 52.0 Å². The average Bonchev–Trinajstić information content (AvgIpc) is 3.10. The monoisotopic (exact) mass is 310 g/mol. The molecule has 0 bridgehead atoms. The molecule has 1 unspecified atom stereocenters. The van der Waals surface area contributed by atoms with Gasteiger partial charge in [0.25, 0.3) is 0 Å². The summed E-state index contributed by atoms with van der Waals surface area (Å²) in [5.41, 5.74) is 0.918.